The van der Waals surface area contributed by atoms with Crippen LogP contribution in [0.15, 0.2) is 69.2 Å². The van der Waals surface area contributed by atoms with E-state index in [-0.39, 0.29) is 4.21 Å². The minimum Gasteiger partial charge on any atom is -0.858 e. The highest BCUT2D eigenvalue weighted by Gasteiger charge is 2.14. The molecule has 0 saturated heterocycles. The van der Waals surface area contributed by atoms with Crippen molar-refractivity contribution in [2.24, 2.45) is 4.99 Å². The summed E-state index contributed by atoms with van der Waals surface area (Å²) < 4.78 is 32.4. The number of anilines is 1. The molecule has 0 saturated carbocycles. The maximum Gasteiger partial charge on any atom is 0.271 e. The number of thiophene rings is 1. The molecule has 0 aliphatic heterocycles. The molecule has 3 rings (SSSR count). The Bertz CT molecular complexity index is 1060. The van der Waals surface area contributed by atoms with Crippen molar-refractivity contribution in [3.8, 4) is 5.75 Å². The van der Waals surface area contributed by atoms with Crippen LogP contribution in [0.4, 0.5) is 11.4 Å². The minimum atomic E-state index is -3.62. The number of rotatable bonds is 6. The number of aliphatic imine (C=N–C) groups is 1. The van der Waals surface area contributed by atoms with Gasteiger partial charge in [-0.2, -0.15) is 0 Å². The fraction of sp³-hybridized carbons (Fsp3) is 0.105. The van der Waals surface area contributed by atoms with Gasteiger partial charge >= 0.3 is 0 Å². The number of ether oxygens (including phenoxy) is 1. The Morgan fingerprint density at radius 1 is 1.15 bits per heavy atom. The highest BCUT2D eigenvalue weighted by Crippen LogP contribution is 2.28. The van der Waals surface area contributed by atoms with Crippen molar-refractivity contribution in [1.82, 2.24) is 0 Å². The van der Waals surface area contributed by atoms with Crippen LogP contribution in [-0.4, -0.2) is 21.4 Å². The fourth-order valence-electron chi connectivity index (χ4n) is 2.36. The molecule has 1 heterocycles. The molecule has 27 heavy (non-hydrogen) atoms. The summed E-state index contributed by atoms with van der Waals surface area (Å²) in [6.45, 7) is 1.90. The molecule has 0 amide bonds. The second kappa shape index (κ2) is 7.81. The molecule has 2 aromatic carbocycles. The largest absolute Gasteiger partial charge is 0.858 e. The van der Waals surface area contributed by atoms with E-state index in [9.17, 15) is 13.5 Å². The lowest BCUT2D eigenvalue weighted by Crippen LogP contribution is -2.18. The maximum absolute atomic E-state index is 12.4. The van der Waals surface area contributed by atoms with Crippen LogP contribution in [0.1, 0.15) is 11.1 Å². The van der Waals surface area contributed by atoms with Gasteiger partial charge in [-0.3, -0.25) is 9.71 Å². The number of nitrogens with one attached hydrogen (secondary N) is 1. The summed E-state index contributed by atoms with van der Waals surface area (Å²) in [6.07, 6.45) is 0. The number of hydrogen-bond acceptors (Lipinski definition) is 6. The third-order valence-electron chi connectivity index (χ3n) is 3.70. The van der Waals surface area contributed by atoms with Gasteiger partial charge in [0.2, 0.25) is 0 Å². The number of nitrogens with zero attached hydrogens (tertiary/aromatic N) is 1. The van der Waals surface area contributed by atoms with Crippen LogP contribution < -0.4 is 14.6 Å². The molecule has 0 atom stereocenters. The summed E-state index contributed by atoms with van der Waals surface area (Å²) in [5, 5.41) is 14.1. The average molecular weight is 401 g/mol. The molecule has 0 unspecified atom stereocenters. The van der Waals surface area contributed by atoms with E-state index in [1.807, 2.05) is 13.0 Å². The van der Waals surface area contributed by atoms with Gasteiger partial charge in [0, 0.05) is 5.69 Å². The Morgan fingerprint density at radius 3 is 2.52 bits per heavy atom. The van der Waals surface area contributed by atoms with Crippen molar-refractivity contribution >= 4 is 38.6 Å². The van der Waals surface area contributed by atoms with E-state index < -0.39 is 15.9 Å². The molecule has 6 nitrogen and oxygen atoms in total. The molecule has 0 spiro atoms. The van der Waals surface area contributed by atoms with Gasteiger partial charge in [0.15, 0.2) is 0 Å². The molecular weight excluding hydrogens is 384 g/mol. The third-order valence-corrected chi connectivity index (χ3v) is 6.48. The van der Waals surface area contributed by atoms with Crippen molar-refractivity contribution in [3.63, 3.8) is 0 Å². The lowest BCUT2D eigenvalue weighted by Gasteiger charge is -2.14. The first-order valence-electron chi connectivity index (χ1n) is 7.96. The SMILES string of the molecule is COc1ccc(C)cc1N=C([O-])c1ccc(NS(=O)(=O)c2cccs2)cc1. The fourth-order valence-corrected chi connectivity index (χ4v) is 4.42. The molecule has 140 valence electrons. The quantitative estimate of drug-likeness (QED) is 0.507. The third kappa shape index (κ3) is 4.47. The van der Waals surface area contributed by atoms with E-state index in [0.29, 0.717) is 22.7 Å². The van der Waals surface area contributed by atoms with Crippen molar-refractivity contribution in [2.45, 2.75) is 11.1 Å². The normalized spacial score (nSPS) is 12.0. The summed E-state index contributed by atoms with van der Waals surface area (Å²) in [4.78, 5) is 4.10. The van der Waals surface area contributed by atoms with Crippen molar-refractivity contribution in [1.29, 1.82) is 0 Å². The zero-order valence-corrected chi connectivity index (χ0v) is 16.3. The van der Waals surface area contributed by atoms with E-state index >= 15 is 0 Å². The molecule has 0 aliphatic rings. The number of aryl methyl sites for hydroxylation is 1. The molecule has 1 N–H and O–H groups in total. The smallest absolute Gasteiger partial charge is 0.271 e. The first-order chi connectivity index (χ1) is 12.9. The van der Waals surface area contributed by atoms with Crippen molar-refractivity contribution in [3.05, 3.63) is 71.1 Å². The van der Waals surface area contributed by atoms with E-state index in [2.05, 4.69) is 9.71 Å². The predicted molar refractivity (Wildman–Crippen MR) is 105 cm³/mol. The van der Waals surface area contributed by atoms with Crippen LogP contribution in [0.2, 0.25) is 0 Å². The Morgan fingerprint density at radius 2 is 1.89 bits per heavy atom. The van der Waals surface area contributed by atoms with Gasteiger partial charge in [-0.05, 0) is 59.7 Å². The summed E-state index contributed by atoms with van der Waals surface area (Å²) in [5.74, 6) is 0.0702. The standard InChI is InChI=1S/C19H18N2O4S2/c1-13-5-10-17(25-2)16(12-13)20-19(22)14-6-8-15(9-7-14)21-27(23,24)18-4-3-11-26-18/h3-12,21H,1-2H3,(H,20,22)/p-1. The second-order valence-electron chi connectivity index (χ2n) is 5.71. The lowest BCUT2D eigenvalue weighted by molar-refractivity contribution is -0.212. The van der Waals surface area contributed by atoms with Crippen LogP contribution in [-0.2, 0) is 10.0 Å². The first-order valence-corrected chi connectivity index (χ1v) is 10.3. The van der Waals surface area contributed by atoms with Crippen LogP contribution in [0.25, 0.3) is 0 Å². The average Bonchev–Trinajstić information content (AvgIpc) is 3.18. The van der Waals surface area contributed by atoms with E-state index in [4.69, 9.17) is 4.74 Å². The van der Waals surface area contributed by atoms with Gasteiger partial charge in [-0.1, -0.05) is 24.3 Å². The van der Waals surface area contributed by atoms with Gasteiger partial charge in [-0.25, -0.2) is 8.42 Å². The highest BCUT2D eigenvalue weighted by atomic mass is 32.2. The van der Waals surface area contributed by atoms with Crippen molar-refractivity contribution < 1.29 is 18.3 Å². The van der Waals surface area contributed by atoms with Gasteiger partial charge < -0.3 is 9.84 Å². The van der Waals surface area contributed by atoms with Gasteiger partial charge in [0.05, 0.1) is 7.11 Å². The topological polar surface area (TPSA) is 90.8 Å². The Hall–Kier alpha value is -2.84. The zero-order chi connectivity index (χ0) is 19.4. The van der Waals surface area contributed by atoms with E-state index in [1.54, 1.807) is 23.6 Å². The first kappa shape index (κ1) is 18.9. The van der Waals surface area contributed by atoms with Crippen LogP contribution >= 0.6 is 11.3 Å². The molecule has 1 aromatic heterocycles. The molecule has 0 aliphatic carbocycles. The summed E-state index contributed by atoms with van der Waals surface area (Å²) >= 11 is 1.13. The molecule has 8 heteroatoms. The van der Waals surface area contributed by atoms with Gasteiger partial charge in [0.25, 0.3) is 10.0 Å². The Labute approximate surface area is 161 Å². The summed E-state index contributed by atoms with van der Waals surface area (Å²) in [5.41, 5.74) is 2.12. The molecule has 0 radical (unpaired) electrons. The van der Waals surface area contributed by atoms with Crippen LogP contribution in [0, 0.1) is 6.92 Å². The Kier molecular flexibility index (Phi) is 5.48. The van der Waals surface area contributed by atoms with E-state index in [0.717, 1.165) is 16.9 Å². The minimum absolute atomic E-state index is 0.226. The van der Waals surface area contributed by atoms with Crippen molar-refractivity contribution in [2.75, 3.05) is 11.8 Å². The highest BCUT2D eigenvalue weighted by molar-refractivity contribution is 7.94. The van der Waals surface area contributed by atoms with Gasteiger partial charge in [-0.15, -0.1) is 11.3 Å². The summed E-state index contributed by atoms with van der Waals surface area (Å²) in [7, 11) is -2.11. The van der Waals surface area contributed by atoms with E-state index in [1.165, 1.54) is 37.4 Å². The molecule has 0 bridgehead atoms. The number of sulfonamides is 1. The summed E-state index contributed by atoms with van der Waals surface area (Å²) in [6, 6.07) is 14.7. The monoisotopic (exact) mass is 401 g/mol. The predicted octanol–water partition coefficient (Wildman–Crippen LogP) is 3.30. The molecule has 3 aromatic rings. The zero-order valence-electron chi connectivity index (χ0n) is 14.7. The van der Waals surface area contributed by atoms with Crippen LogP contribution in [0.5, 0.6) is 5.75 Å². The molecule has 0 fully saturated rings. The second-order valence-corrected chi connectivity index (χ2v) is 8.56. The Balaban J connectivity index is 1.82. The number of hydrogen-bond donors (Lipinski definition) is 1. The number of benzene rings is 2. The van der Waals surface area contributed by atoms with Crippen LogP contribution in [0.3, 0.4) is 0 Å². The lowest BCUT2D eigenvalue weighted by atomic mass is 10.2. The number of methoxy groups -OCH3 is 1. The maximum atomic E-state index is 12.4. The molecular formula is C19H17N2O4S2-. The van der Waals surface area contributed by atoms with Gasteiger partial charge in [0.1, 0.15) is 15.6 Å².